The minimum atomic E-state index is 0.312. The second kappa shape index (κ2) is 6.00. The second-order valence-electron chi connectivity index (χ2n) is 3.48. The largest absolute Gasteiger partial charge is 0.387 e. The quantitative estimate of drug-likeness (QED) is 0.497. The van der Waals surface area contributed by atoms with Gasteiger partial charge in [-0.05, 0) is 27.4 Å². The average molecular weight is 171 g/mol. The van der Waals surface area contributed by atoms with Crippen LogP contribution in [-0.2, 0) is 0 Å². The summed E-state index contributed by atoms with van der Waals surface area (Å²) in [6, 6.07) is 0.312. The number of aliphatic imine (C=N–C) groups is 1. The fraction of sp³-hybridized carbons (Fsp3) is 0.889. The van der Waals surface area contributed by atoms with Crippen LogP contribution in [0.4, 0.5) is 0 Å². The van der Waals surface area contributed by atoms with Crippen molar-refractivity contribution in [1.82, 2.24) is 4.90 Å². The Morgan fingerprint density at radius 3 is 2.50 bits per heavy atom. The Morgan fingerprint density at radius 1 is 1.50 bits per heavy atom. The van der Waals surface area contributed by atoms with E-state index in [9.17, 15) is 0 Å². The van der Waals surface area contributed by atoms with Crippen molar-refractivity contribution in [3.05, 3.63) is 0 Å². The zero-order chi connectivity index (χ0) is 9.56. The predicted molar refractivity (Wildman–Crippen MR) is 54.5 cm³/mol. The summed E-state index contributed by atoms with van der Waals surface area (Å²) in [7, 11) is 4.09. The number of amidine groups is 1. The lowest BCUT2D eigenvalue weighted by Crippen LogP contribution is -2.25. The van der Waals surface area contributed by atoms with Crippen molar-refractivity contribution >= 4 is 5.84 Å². The van der Waals surface area contributed by atoms with Crippen molar-refractivity contribution in [2.75, 3.05) is 20.6 Å². The monoisotopic (exact) mass is 171 g/mol. The standard InChI is InChI=1S/C9H21N3/c1-5-6-9(10)11-8(2)7-12(3)4/h8H,5-7H2,1-4H3,(H2,10,11). The molecule has 0 aliphatic heterocycles. The van der Waals surface area contributed by atoms with E-state index in [-0.39, 0.29) is 0 Å². The molecule has 0 spiro atoms. The molecule has 0 aromatic carbocycles. The Balaban J connectivity index is 3.78. The molecule has 3 nitrogen and oxygen atoms in total. The number of nitrogens with two attached hydrogens (primary N) is 1. The van der Waals surface area contributed by atoms with Crippen LogP contribution >= 0.6 is 0 Å². The van der Waals surface area contributed by atoms with Crippen molar-refractivity contribution in [2.24, 2.45) is 10.7 Å². The van der Waals surface area contributed by atoms with Crippen LogP contribution in [-0.4, -0.2) is 37.4 Å². The van der Waals surface area contributed by atoms with Gasteiger partial charge in [0.2, 0.25) is 0 Å². The Morgan fingerprint density at radius 2 is 2.08 bits per heavy atom. The molecule has 3 heteroatoms. The van der Waals surface area contributed by atoms with Crippen LogP contribution in [0.15, 0.2) is 4.99 Å². The van der Waals surface area contributed by atoms with Crippen molar-refractivity contribution < 1.29 is 0 Å². The number of rotatable bonds is 5. The Labute approximate surface area is 75.7 Å². The first kappa shape index (κ1) is 11.4. The van der Waals surface area contributed by atoms with Gasteiger partial charge < -0.3 is 10.6 Å². The zero-order valence-electron chi connectivity index (χ0n) is 8.67. The summed E-state index contributed by atoms with van der Waals surface area (Å²) in [5.74, 6) is 0.784. The van der Waals surface area contributed by atoms with Gasteiger partial charge in [0.05, 0.1) is 11.9 Å². The summed E-state index contributed by atoms with van der Waals surface area (Å²) in [5.41, 5.74) is 5.69. The third kappa shape index (κ3) is 6.16. The first-order valence-corrected chi connectivity index (χ1v) is 4.53. The number of nitrogens with zero attached hydrogens (tertiary/aromatic N) is 2. The molecule has 12 heavy (non-hydrogen) atoms. The summed E-state index contributed by atoms with van der Waals surface area (Å²) < 4.78 is 0. The first-order valence-electron chi connectivity index (χ1n) is 4.53. The normalized spacial score (nSPS) is 15.2. The van der Waals surface area contributed by atoms with Gasteiger partial charge in [0, 0.05) is 13.0 Å². The third-order valence-corrected chi connectivity index (χ3v) is 1.52. The molecule has 0 rings (SSSR count). The van der Waals surface area contributed by atoms with Crippen molar-refractivity contribution in [2.45, 2.75) is 32.7 Å². The maximum Gasteiger partial charge on any atom is 0.0940 e. The minimum Gasteiger partial charge on any atom is -0.387 e. The highest BCUT2D eigenvalue weighted by atomic mass is 15.1. The molecule has 0 aliphatic rings. The summed E-state index contributed by atoms with van der Waals surface area (Å²) in [4.78, 5) is 6.48. The molecule has 0 saturated carbocycles. The topological polar surface area (TPSA) is 41.6 Å². The Bertz CT molecular complexity index is 141. The summed E-state index contributed by atoms with van der Waals surface area (Å²) in [6.07, 6.45) is 1.99. The van der Waals surface area contributed by atoms with Crippen molar-refractivity contribution in [3.8, 4) is 0 Å². The van der Waals surface area contributed by atoms with E-state index in [2.05, 4.69) is 23.7 Å². The fourth-order valence-electron chi connectivity index (χ4n) is 1.17. The average Bonchev–Trinajstić information content (AvgIpc) is 1.84. The highest BCUT2D eigenvalue weighted by Crippen LogP contribution is 1.94. The van der Waals surface area contributed by atoms with Gasteiger partial charge in [-0.25, -0.2) is 0 Å². The van der Waals surface area contributed by atoms with Gasteiger partial charge in [0.15, 0.2) is 0 Å². The van der Waals surface area contributed by atoms with Crippen molar-refractivity contribution in [1.29, 1.82) is 0 Å². The maximum absolute atomic E-state index is 5.69. The van der Waals surface area contributed by atoms with Gasteiger partial charge in [-0.15, -0.1) is 0 Å². The summed E-state index contributed by atoms with van der Waals surface area (Å²) in [6.45, 7) is 5.16. The van der Waals surface area contributed by atoms with Gasteiger partial charge in [-0.3, -0.25) is 4.99 Å². The molecule has 1 unspecified atom stereocenters. The van der Waals surface area contributed by atoms with Crippen LogP contribution in [0.3, 0.4) is 0 Å². The van der Waals surface area contributed by atoms with E-state index in [0.29, 0.717) is 6.04 Å². The molecule has 0 saturated heterocycles. The van der Waals surface area contributed by atoms with E-state index in [1.807, 2.05) is 14.1 Å². The van der Waals surface area contributed by atoms with E-state index in [1.165, 1.54) is 0 Å². The first-order chi connectivity index (χ1) is 5.56. The van der Waals surface area contributed by atoms with Crippen molar-refractivity contribution in [3.63, 3.8) is 0 Å². The van der Waals surface area contributed by atoms with Gasteiger partial charge in [-0.1, -0.05) is 6.92 Å². The number of hydrogen-bond acceptors (Lipinski definition) is 2. The highest BCUT2D eigenvalue weighted by molar-refractivity contribution is 5.80. The highest BCUT2D eigenvalue weighted by Gasteiger charge is 2.01. The van der Waals surface area contributed by atoms with E-state index in [0.717, 1.165) is 25.2 Å². The van der Waals surface area contributed by atoms with E-state index in [1.54, 1.807) is 0 Å². The summed E-state index contributed by atoms with van der Waals surface area (Å²) >= 11 is 0. The smallest absolute Gasteiger partial charge is 0.0940 e. The molecule has 1 atom stereocenters. The Hall–Kier alpha value is -0.570. The van der Waals surface area contributed by atoms with Crippen LogP contribution in [0.2, 0.25) is 0 Å². The van der Waals surface area contributed by atoms with Gasteiger partial charge in [0.25, 0.3) is 0 Å². The van der Waals surface area contributed by atoms with E-state index in [4.69, 9.17) is 5.73 Å². The molecule has 0 aliphatic carbocycles. The fourth-order valence-corrected chi connectivity index (χ4v) is 1.17. The second-order valence-corrected chi connectivity index (χ2v) is 3.48. The molecule has 0 amide bonds. The minimum absolute atomic E-state index is 0.312. The molecule has 0 fully saturated rings. The molecule has 2 N–H and O–H groups in total. The van der Waals surface area contributed by atoms with Crippen LogP contribution < -0.4 is 5.73 Å². The molecule has 0 radical (unpaired) electrons. The van der Waals surface area contributed by atoms with Gasteiger partial charge in [0.1, 0.15) is 0 Å². The van der Waals surface area contributed by atoms with Crippen LogP contribution in [0.25, 0.3) is 0 Å². The molecule has 0 bridgehead atoms. The summed E-state index contributed by atoms with van der Waals surface area (Å²) in [5, 5.41) is 0. The van der Waals surface area contributed by atoms with Crippen LogP contribution in [0, 0.1) is 0 Å². The molecule has 0 heterocycles. The predicted octanol–water partition coefficient (Wildman–Crippen LogP) is 1.09. The number of hydrogen-bond donors (Lipinski definition) is 1. The molecular weight excluding hydrogens is 150 g/mol. The molecule has 72 valence electrons. The van der Waals surface area contributed by atoms with Crippen LogP contribution in [0.5, 0.6) is 0 Å². The Kier molecular flexibility index (Phi) is 5.72. The molecule has 0 aromatic heterocycles. The SMILES string of the molecule is CCCC(N)=NC(C)CN(C)C. The lowest BCUT2D eigenvalue weighted by atomic mass is 10.3. The third-order valence-electron chi connectivity index (χ3n) is 1.52. The van der Waals surface area contributed by atoms with Gasteiger partial charge in [-0.2, -0.15) is 0 Å². The molecule has 0 aromatic rings. The van der Waals surface area contributed by atoms with E-state index < -0.39 is 0 Å². The maximum atomic E-state index is 5.69. The number of likely N-dealkylation sites (N-methyl/N-ethyl adjacent to an activating group) is 1. The lowest BCUT2D eigenvalue weighted by Gasteiger charge is -2.13. The lowest BCUT2D eigenvalue weighted by molar-refractivity contribution is 0.383. The van der Waals surface area contributed by atoms with E-state index >= 15 is 0 Å². The van der Waals surface area contributed by atoms with Gasteiger partial charge >= 0.3 is 0 Å². The molecular formula is C9H21N3. The van der Waals surface area contributed by atoms with Crippen LogP contribution in [0.1, 0.15) is 26.7 Å². The zero-order valence-corrected chi connectivity index (χ0v) is 8.67.